The molecule has 0 radical (unpaired) electrons. The molecule has 2 atom stereocenters. The second-order valence-corrected chi connectivity index (χ2v) is 4.81. The molecule has 0 aromatic heterocycles. The molecule has 18 heavy (non-hydrogen) atoms. The first-order valence-corrected chi connectivity index (χ1v) is 6.19. The standard InChI is InChI=1S/C13H19N3O2/c14-10-5-4-8(13(15)18)6-11(10)16-7-9-2-1-3-12(9)17/h4-6,9,12,16-17H,1-3,7,14H2,(H2,15,18). The summed E-state index contributed by atoms with van der Waals surface area (Å²) >= 11 is 0. The van der Waals surface area contributed by atoms with Gasteiger partial charge in [-0.3, -0.25) is 4.79 Å². The molecule has 1 amide bonds. The van der Waals surface area contributed by atoms with Crippen molar-refractivity contribution in [2.45, 2.75) is 25.4 Å². The Kier molecular flexibility index (Phi) is 3.72. The Morgan fingerprint density at radius 2 is 2.22 bits per heavy atom. The summed E-state index contributed by atoms with van der Waals surface area (Å²) in [5.41, 5.74) is 12.8. The highest BCUT2D eigenvalue weighted by Crippen LogP contribution is 2.27. The van der Waals surface area contributed by atoms with Crippen molar-refractivity contribution in [3.05, 3.63) is 23.8 Å². The molecule has 1 saturated carbocycles. The fourth-order valence-electron chi connectivity index (χ4n) is 2.36. The average Bonchev–Trinajstić information content (AvgIpc) is 2.73. The van der Waals surface area contributed by atoms with E-state index in [4.69, 9.17) is 11.5 Å². The smallest absolute Gasteiger partial charge is 0.248 e. The van der Waals surface area contributed by atoms with Gasteiger partial charge in [0.25, 0.3) is 0 Å². The third kappa shape index (κ3) is 2.73. The average molecular weight is 249 g/mol. The summed E-state index contributed by atoms with van der Waals surface area (Å²) in [7, 11) is 0. The molecule has 2 rings (SSSR count). The number of hydrogen-bond donors (Lipinski definition) is 4. The normalized spacial score (nSPS) is 22.9. The lowest BCUT2D eigenvalue weighted by molar-refractivity contribution is 0.1000. The molecule has 1 aliphatic carbocycles. The van der Waals surface area contributed by atoms with Crippen molar-refractivity contribution in [1.82, 2.24) is 0 Å². The van der Waals surface area contributed by atoms with E-state index in [9.17, 15) is 9.90 Å². The molecule has 1 aliphatic rings. The molecule has 5 heteroatoms. The number of carbonyl (C=O) groups excluding carboxylic acids is 1. The maximum atomic E-state index is 11.1. The largest absolute Gasteiger partial charge is 0.397 e. The summed E-state index contributed by atoms with van der Waals surface area (Å²) < 4.78 is 0. The van der Waals surface area contributed by atoms with E-state index in [1.165, 1.54) is 0 Å². The van der Waals surface area contributed by atoms with Crippen LogP contribution in [0.5, 0.6) is 0 Å². The van der Waals surface area contributed by atoms with Gasteiger partial charge in [0, 0.05) is 18.0 Å². The van der Waals surface area contributed by atoms with Gasteiger partial charge in [0.05, 0.1) is 17.5 Å². The van der Waals surface area contributed by atoms with Crippen LogP contribution in [0.1, 0.15) is 29.6 Å². The first kappa shape index (κ1) is 12.7. The molecule has 5 nitrogen and oxygen atoms in total. The monoisotopic (exact) mass is 249 g/mol. The Labute approximate surface area is 106 Å². The van der Waals surface area contributed by atoms with Crippen LogP contribution in [0.15, 0.2) is 18.2 Å². The van der Waals surface area contributed by atoms with Crippen molar-refractivity contribution in [1.29, 1.82) is 0 Å². The number of aliphatic hydroxyl groups is 1. The molecule has 0 saturated heterocycles. The van der Waals surface area contributed by atoms with Crippen LogP contribution < -0.4 is 16.8 Å². The Morgan fingerprint density at radius 1 is 1.44 bits per heavy atom. The second kappa shape index (κ2) is 5.27. The SMILES string of the molecule is NC(=O)c1ccc(N)c(NCC2CCCC2O)c1. The van der Waals surface area contributed by atoms with Crippen LogP contribution in [-0.2, 0) is 0 Å². The van der Waals surface area contributed by atoms with E-state index in [0.29, 0.717) is 23.5 Å². The lowest BCUT2D eigenvalue weighted by atomic mass is 10.1. The molecule has 98 valence electrons. The zero-order chi connectivity index (χ0) is 13.1. The van der Waals surface area contributed by atoms with Crippen molar-refractivity contribution < 1.29 is 9.90 Å². The molecule has 1 aromatic rings. The molecule has 2 unspecified atom stereocenters. The van der Waals surface area contributed by atoms with Gasteiger partial charge < -0.3 is 21.9 Å². The van der Waals surface area contributed by atoms with Crippen LogP contribution >= 0.6 is 0 Å². The first-order valence-electron chi connectivity index (χ1n) is 6.19. The summed E-state index contributed by atoms with van der Waals surface area (Å²) in [5, 5.41) is 12.9. The number of nitrogen functional groups attached to an aromatic ring is 1. The van der Waals surface area contributed by atoms with E-state index in [-0.39, 0.29) is 12.0 Å². The Hall–Kier alpha value is -1.75. The number of rotatable bonds is 4. The maximum absolute atomic E-state index is 11.1. The Balaban J connectivity index is 2.04. The van der Waals surface area contributed by atoms with Crippen LogP contribution in [0.2, 0.25) is 0 Å². The number of nitrogens with one attached hydrogen (secondary N) is 1. The molecule has 0 heterocycles. The summed E-state index contributed by atoms with van der Waals surface area (Å²) in [6.45, 7) is 0.660. The van der Waals surface area contributed by atoms with Gasteiger partial charge in [-0.05, 0) is 31.0 Å². The number of benzene rings is 1. The minimum Gasteiger partial charge on any atom is -0.397 e. The summed E-state index contributed by atoms with van der Waals surface area (Å²) in [6, 6.07) is 4.92. The van der Waals surface area contributed by atoms with E-state index >= 15 is 0 Å². The predicted molar refractivity (Wildman–Crippen MR) is 71.2 cm³/mol. The minimum atomic E-state index is -0.473. The van der Waals surface area contributed by atoms with E-state index in [1.807, 2.05) is 0 Å². The van der Waals surface area contributed by atoms with Gasteiger partial charge in [0.1, 0.15) is 0 Å². The van der Waals surface area contributed by atoms with Gasteiger partial charge in [-0.15, -0.1) is 0 Å². The Bertz CT molecular complexity index is 448. The zero-order valence-corrected chi connectivity index (χ0v) is 10.2. The first-order chi connectivity index (χ1) is 8.58. The number of amides is 1. The van der Waals surface area contributed by atoms with Crippen molar-refractivity contribution >= 4 is 17.3 Å². The number of aliphatic hydroxyl groups excluding tert-OH is 1. The molecule has 0 aliphatic heterocycles. The van der Waals surface area contributed by atoms with E-state index < -0.39 is 5.91 Å². The molecular formula is C13H19N3O2. The van der Waals surface area contributed by atoms with Gasteiger partial charge in [-0.25, -0.2) is 0 Å². The highest BCUT2D eigenvalue weighted by molar-refractivity contribution is 5.94. The zero-order valence-electron chi connectivity index (χ0n) is 10.2. The summed E-state index contributed by atoms with van der Waals surface area (Å²) in [5.74, 6) is -0.222. The van der Waals surface area contributed by atoms with Gasteiger partial charge in [-0.1, -0.05) is 6.42 Å². The van der Waals surface area contributed by atoms with Gasteiger partial charge in [0.15, 0.2) is 0 Å². The molecule has 0 bridgehead atoms. The van der Waals surface area contributed by atoms with Crippen LogP contribution in [-0.4, -0.2) is 23.7 Å². The lowest BCUT2D eigenvalue weighted by Crippen LogP contribution is -2.22. The van der Waals surface area contributed by atoms with E-state index in [1.54, 1.807) is 18.2 Å². The second-order valence-electron chi connectivity index (χ2n) is 4.81. The summed E-state index contributed by atoms with van der Waals surface area (Å²) in [4.78, 5) is 11.1. The fourth-order valence-corrected chi connectivity index (χ4v) is 2.36. The van der Waals surface area contributed by atoms with Gasteiger partial charge >= 0.3 is 0 Å². The number of nitrogens with two attached hydrogens (primary N) is 2. The lowest BCUT2D eigenvalue weighted by Gasteiger charge is -2.17. The van der Waals surface area contributed by atoms with Crippen molar-refractivity contribution in [3.8, 4) is 0 Å². The van der Waals surface area contributed by atoms with Crippen molar-refractivity contribution in [2.24, 2.45) is 11.7 Å². The molecule has 1 fully saturated rings. The molecular weight excluding hydrogens is 230 g/mol. The number of hydrogen-bond acceptors (Lipinski definition) is 4. The molecule has 0 spiro atoms. The van der Waals surface area contributed by atoms with Crippen molar-refractivity contribution in [2.75, 3.05) is 17.6 Å². The minimum absolute atomic E-state index is 0.238. The van der Waals surface area contributed by atoms with E-state index in [2.05, 4.69) is 5.32 Å². The predicted octanol–water partition coefficient (Wildman–Crippen LogP) is 0.941. The van der Waals surface area contributed by atoms with E-state index in [0.717, 1.165) is 19.3 Å². The third-order valence-corrected chi connectivity index (χ3v) is 3.51. The van der Waals surface area contributed by atoms with Crippen molar-refractivity contribution in [3.63, 3.8) is 0 Å². The van der Waals surface area contributed by atoms with Crippen LogP contribution in [0.4, 0.5) is 11.4 Å². The van der Waals surface area contributed by atoms with Crippen LogP contribution in [0, 0.1) is 5.92 Å². The van der Waals surface area contributed by atoms with Crippen LogP contribution in [0.25, 0.3) is 0 Å². The quantitative estimate of drug-likeness (QED) is 0.596. The Morgan fingerprint density at radius 3 is 2.83 bits per heavy atom. The molecule has 6 N–H and O–H groups in total. The topological polar surface area (TPSA) is 101 Å². The number of anilines is 2. The van der Waals surface area contributed by atoms with Crippen LogP contribution in [0.3, 0.4) is 0 Å². The highest BCUT2D eigenvalue weighted by atomic mass is 16.3. The number of primary amides is 1. The van der Waals surface area contributed by atoms with Gasteiger partial charge in [0.2, 0.25) is 5.91 Å². The maximum Gasteiger partial charge on any atom is 0.248 e. The third-order valence-electron chi connectivity index (χ3n) is 3.51. The summed E-state index contributed by atoms with van der Waals surface area (Å²) in [6.07, 6.45) is 2.70. The fraction of sp³-hybridized carbons (Fsp3) is 0.462. The van der Waals surface area contributed by atoms with Gasteiger partial charge in [-0.2, -0.15) is 0 Å². The molecule has 1 aromatic carbocycles. The number of carbonyl (C=O) groups is 1. The highest BCUT2D eigenvalue weighted by Gasteiger charge is 2.24.